The summed E-state index contributed by atoms with van der Waals surface area (Å²) >= 11 is 0. The van der Waals surface area contributed by atoms with Crippen molar-refractivity contribution >= 4 is 16.1 Å². The van der Waals surface area contributed by atoms with Gasteiger partial charge in [0.15, 0.2) is 0 Å². The number of benzene rings is 2. The van der Waals surface area contributed by atoms with Gasteiger partial charge in [-0.1, -0.05) is 68.0 Å². The molecule has 3 rings (SSSR count). The van der Waals surface area contributed by atoms with Crippen LogP contribution in [0.1, 0.15) is 25.0 Å². The fourth-order valence-electron chi connectivity index (χ4n) is 2.74. The van der Waals surface area contributed by atoms with Crippen molar-refractivity contribution < 1.29 is 8.42 Å². The van der Waals surface area contributed by atoms with Gasteiger partial charge in [-0.15, -0.1) is 5.73 Å². The highest BCUT2D eigenvalue weighted by Gasteiger charge is 2.31. The summed E-state index contributed by atoms with van der Waals surface area (Å²) in [6.45, 7) is 6.37. The van der Waals surface area contributed by atoms with Crippen LogP contribution in [0.25, 0.3) is 6.08 Å². The third-order valence-electron chi connectivity index (χ3n) is 4.59. The second-order valence-electron chi connectivity index (χ2n) is 7.08. The zero-order valence-corrected chi connectivity index (χ0v) is 16.1. The van der Waals surface area contributed by atoms with Crippen LogP contribution in [0, 0.1) is 12.3 Å². The molecule has 0 saturated carbocycles. The highest BCUT2D eigenvalue weighted by molar-refractivity contribution is 7.89. The minimum Gasteiger partial charge on any atom is -0.269 e. The van der Waals surface area contributed by atoms with Gasteiger partial charge >= 0.3 is 0 Å². The van der Waals surface area contributed by atoms with Crippen LogP contribution >= 0.6 is 0 Å². The molecule has 0 amide bonds. The van der Waals surface area contributed by atoms with Crippen molar-refractivity contribution in [1.29, 1.82) is 0 Å². The fraction of sp³-hybridized carbons (Fsp3) is 0.227. The Labute approximate surface area is 156 Å². The number of hydrogen-bond acceptors (Lipinski definition) is 2. The fourth-order valence-corrected chi connectivity index (χ4v) is 4.02. The van der Waals surface area contributed by atoms with E-state index in [1.54, 1.807) is 18.3 Å². The van der Waals surface area contributed by atoms with Crippen molar-refractivity contribution in [2.24, 2.45) is 5.41 Å². The van der Waals surface area contributed by atoms with Crippen LogP contribution < -0.4 is 0 Å². The van der Waals surface area contributed by atoms with Crippen LogP contribution in [0.5, 0.6) is 0 Å². The molecule has 0 saturated heterocycles. The number of allylic oxidation sites excluding steroid dienone is 1. The van der Waals surface area contributed by atoms with E-state index in [1.807, 2.05) is 61.5 Å². The van der Waals surface area contributed by atoms with Crippen LogP contribution in [0.3, 0.4) is 0 Å². The first-order valence-electron chi connectivity index (χ1n) is 8.58. The van der Waals surface area contributed by atoms with Gasteiger partial charge in [-0.3, -0.25) is 4.31 Å². The van der Waals surface area contributed by atoms with Gasteiger partial charge < -0.3 is 0 Å². The average Bonchev–Trinajstić information content (AvgIpc) is 2.61. The Morgan fingerprint density at radius 1 is 1.04 bits per heavy atom. The molecule has 0 aliphatic carbocycles. The van der Waals surface area contributed by atoms with Gasteiger partial charge in [0.1, 0.15) is 0 Å². The van der Waals surface area contributed by atoms with E-state index in [0.29, 0.717) is 11.4 Å². The SMILES string of the molecule is Cc1ccc(S(=O)(=O)N2C=CC(C)(C)C(=C=Cc3ccccc3)C2)cc1. The van der Waals surface area contributed by atoms with E-state index in [2.05, 4.69) is 19.6 Å². The average molecular weight is 365 g/mol. The van der Waals surface area contributed by atoms with Crippen LogP contribution in [0.4, 0.5) is 0 Å². The predicted molar refractivity (Wildman–Crippen MR) is 106 cm³/mol. The number of aryl methyl sites for hydroxylation is 1. The van der Waals surface area contributed by atoms with E-state index < -0.39 is 10.0 Å². The number of hydrogen-bond donors (Lipinski definition) is 0. The first-order chi connectivity index (χ1) is 12.3. The van der Waals surface area contributed by atoms with Gasteiger partial charge in [0.25, 0.3) is 10.0 Å². The molecule has 0 spiro atoms. The van der Waals surface area contributed by atoms with Crippen molar-refractivity contribution in [2.75, 3.05) is 6.54 Å². The van der Waals surface area contributed by atoms with E-state index >= 15 is 0 Å². The maximum Gasteiger partial charge on any atom is 0.264 e. The summed E-state index contributed by atoms with van der Waals surface area (Å²) in [5.41, 5.74) is 6.08. The summed E-state index contributed by atoms with van der Waals surface area (Å²) in [7, 11) is -3.57. The molecule has 1 aliphatic rings. The van der Waals surface area contributed by atoms with Crippen LogP contribution in [-0.4, -0.2) is 19.3 Å². The molecular formula is C22H23NO2S. The standard InChI is InChI=1S/C22H23NO2S/c1-18-9-13-21(14-10-18)26(24,25)23-16-15-22(2,3)20(17-23)12-11-19-7-5-4-6-8-19/h4-11,13-16H,17H2,1-3H3. The minimum absolute atomic E-state index is 0.245. The van der Waals surface area contributed by atoms with E-state index in [4.69, 9.17) is 0 Å². The van der Waals surface area contributed by atoms with Crippen LogP contribution in [-0.2, 0) is 10.0 Å². The number of rotatable bonds is 3. The van der Waals surface area contributed by atoms with Crippen LogP contribution in [0.2, 0.25) is 0 Å². The highest BCUT2D eigenvalue weighted by Crippen LogP contribution is 2.34. The lowest BCUT2D eigenvalue weighted by molar-refractivity contribution is 0.446. The van der Waals surface area contributed by atoms with Gasteiger partial charge in [0.2, 0.25) is 0 Å². The molecule has 2 aromatic carbocycles. The monoisotopic (exact) mass is 365 g/mol. The molecule has 0 N–H and O–H groups in total. The van der Waals surface area contributed by atoms with Crippen molar-refractivity contribution in [3.8, 4) is 0 Å². The normalized spacial score (nSPS) is 16.3. The first-order valence-corrected chi connectivity index (χ1v) is 10.0. The first kappa shape index (κ1) is 18.2. The molecule has 3 nitrogen and oxygen atoms in total. The van der Waals surface area contributed by atoms with Crippen molar-refractivity contribution in [2.45, 2.75) is 25.7 Å². The molecule has 134 valence electrons. The minimum atomic E-state index is -3.57. The van der Waals surface area contributed by atoms with Gasteiger partial charge in [0, 0.05) is 17.2 Å². The molecule has 26 heavy (non-hydrogen) atoms. The van der Waals surface area contributed by atoms with E-state index in [9.17, 15) is 8.42 Å². The molecule has 2 aromatic rings. The summed E-state index contributed by atoms with van der Waals surface area (Å²) in [6, 6.07) is 16.8. The van der Waals surface area contributed by atoms with Gasteiger partial charge in [0.05, 0.1) is 11.4 Å². The lowest BCUT2D eigenvalue weighted by atomic mass is 9.83. The van der Waals surface area contributed by atoms with Crippen LogP contribution in [0.15, 0.2) is 83.1 Å². The van der Waals surface area contributed by atoms with Gasteiger partial charge in [-0.2, -0.15) is 0 Å². The van der Waals surface area contributed by atoms with E-state index in [1.165, 1.54) is 4.31 Å². The zero-order chi connectivity index (χ0) is 18.8. The molecular weight excluding hydrogens is 342 g/mol. The second kappa shape index (κ2) is 6.99. The Hall–Kier alpha value is -2.55. The third-order valence-corrected chi connectivity index (χ3v) is 6.33. The topological polar surface area (TPSA) is 37.4 Å². The Balaban J connectivity index is 1.97. The molecule has 0 unspecified atom stereocenters. The zero-order valence-electron chi connectivity index (χ0n) is 15.3. The molecule has 0 fully saturated rings. The molecule has 0 bridgehead atoms. The van der Waals surface area contributed by atoms with Crippen molar-refractivity contribution in [3.05, 3.63) is 89.3 Å². The highest BCUT2D eigenvalue weighted by atomic mass is 32.2. The lowest BCUT2D eigenvalue weighted by Gasteiger charge is -2.33. The molecule has 0 atom stereocenters. The smallest absolute Gasteiger partial charge is 0.264 e. The number of nitrogens with zero attached hydrogens (tertiary/aromatic N) is 1. The summed E-state index contributed by atoms with van der Waals surface area (Å²) in [4.78, 5) is 0.304. The quantitative estimate of drug-likeness (QED) is 0.734. The van der Waals surface area contributed by atoms with Gasteiger partial charge in [-0.25, -0.2) is 8.42 Å². The predicted octanol–water partition coefficient (Wildman–Crippen LogP) is 4.78. The maximum atomic E-state index is 13.0. The Kier molecular flexibility index (Phi) is 4.90. The number of sulfonamides is 1. The summed E-state index contributed by atoms with van der Waals surface area (Å²) in [5, 5.41) is 0. The molecule has 1 aliphatic heterocycles. The third kappa shape index (κ3) is 3.82. The summed E-state index contributed by atoms with van der Waals surface area (Å²) < 4.78 is 27.3. The Bertz CT molecular complexity index is 978. The van der Waals surface area contributed by atoms with E-state index in [-0.39, 0.29) is 5.41 Å². The lowest BCUT2D eigenvalue weighted by Crippen LogP contribution is -2.35. The van der Waals surface area contributed by atoms with Crippen molar-refractivity contribution in [3.63, 3.8) is 0 Å². The molecule has 0 radical (unpaired) electrons. The molecule has 1 heterocycles. The second-order valence-corrected chi connectivity index (χ2v) is 8.97. The summed E-state index contributed by atoms with van der Waals surface area (Å²) in [6.07, 6.45) is 5.50. The largest absolute Gasteiger partial charge is 0.269 e. The molecule has 4 heteroatoms. The Morgan fingerprint density at radius 3 is 2.35 bits per heavy atom. The Morgan fingerprint density at radius 2 is 1.69 bits per heavy atom. The maximum absolute atomic E-state index is 13.0. The van der Waals surface area contributed by atoms with Crippen molar-refractivity contribution in [1.82, 2.24) is 4.31 Å². The molecule has 0 aromatic heterocycles. The van der Waals surface area contributed by atoms with E-state index in [0.717, 1.165) is 16.7 Å². The summed E-state index contributed by atoms with van der Waals surface area (Å²) in [5.74, 6) is 0. The van der Waals surface area contributed by atoms with Gasteiger partial charge in [-0.05, 0) is 30.7 Å².